The summed E-state index contributed by atoms with van der Waals surface area (Å²) in [4.78, 5) is 15.1. The number of carbonyl (C=O) groups is 1. The Morgan fingerprint density at radius 2 is 1.86 bits per heavy atom. The van der Waals surface area contributed by atoms with Gasteiger partial charge in [0.1, 0.15) is 0 Å². The standard InChI is InChI=1S/C19H27NO2/c1-12-8-13(2)17-6-5-7-20(18(17)9-12)19(21)16-10-14(3)22-15(4)11-16/h8-9,14-16H,5-7,10-11H2,1-4H3. The lowest BCUT2D eigenvalue weighted by molar-refractivity contribution is -0.130. The molecule has 0 N–H and O–H groups in total. The Bertz CT molecular complexity index is 571. The molecule has 1 aromatic rings. The number of amides is 1. The van der Waals surface area contributed by atoms with Gasteiger partial charge in [0.05, 0.1) is 12.2 Å². The van der Waals surface area contributed by atoms with Gasteiger partial charge in [-0.15, -0.1) is 0 Å². The van der Waals surface area contributed by atoms with Crippen LogP contribution in [0.4, 0.5) is 5.69 Å². The van der Waals surface area contributed by atoms with Crippen molar-refractivity contribution in [3.8, 4) is 0 Å². The van der Waals surface area contributed by atoms with E-state index in [1.807, 2.05) is 4.90 Å². The van der Waals surface area contributed by atoms with E-state index in [-0.39, 0.29) is 18.1 Å². The highest BCUT2D eigenvalue weighted by molar-refractivity contribution is 5.96. The van der Waals surface area contributed by atoms with Gasteiger partial charge in [0.25, 0.3) is 0 Å². The molecule has 2 aliphatic heterocycles. The third-order valence-electron chi connectivity index (χ3n) is 5.01. The molecule has 1 fully saturated rings. The molecular weight excluding hydrogens is 274 g/mol. The fraction of sp³-hybridized carbons (Fsp3) is 0.632. The van der Waals surface area contributed by atoms with Crippen molar-refractivity contribution >= 4 is 11.6 Å². The number of aryl methyl sites for hydroxylation is 2. The van der Waals surface area contributed by atoms with E-state index in [1.54, 1.807) is 0 Å². The van der Waals surface area contributed by atoms with E-state index in [0.717, 1.165) is 37.9 Å². The van der Waals surface area contributed by atoms with Crippen molar-refractivity contribution < 1.29 is 9.53 Å². The molecule has 3 heteroatoms. The van der Waals surface area contributed by atoms with Crippen molar-refractivity contribution in [2.75, 3.05) is 11.4 Å². The Morgan fingerprint density at radius 3 is 2.55 bits per heavy atom. The molecule has 22 heavy (non-hydrogen) atoms. The quantitative estimate of drug-likeness (QED) is 0.790. The topological polar surface area (TPSA) is 29.5 Å². The van der Waals surface area contributed by atoms with Gasteiger partial charge in [-0.05, 0) is 76.1 Å². The normalized spacial score (nSPS) is 28.4. The number of nitrogens with zero attached hydrogens (tertiary/aromatic N) is 1. The van der Waals surface area contributed by atoms with Crippen LogP contribution in [-0.4, -0.2) is 24.7 Å². The second-order valence-electron chi connectivity index (χ2n) is 7.10. The van der Waals surface area contributed by atoms with Crippen molar-refractivity contribution in [2.24, 2.45) is 5.92 Å². The molecule has 3 rings (SSSR count). The Morgan fingerprint density at radius 1 is 1.18 bits per heavy atom. The Labute approximate surface area is 133 Å². The maximum Gasteiger partial charge on any atom is 0.230 e. The lowest BCUT2D eigenvalue weighted by Crippen LogP contribution is -2.44. The summed E-state index contributed by atoms with van der Waals surface area (Å²) in [5.41, 5.74) is 5.07. The molecule has 1 aromatic carbocycles. The van der Waals surface area contributed by atoms with Gasteiger partial charge in [-0.3, -0.25) is 4.79 Å². The molecule has 0 saturated carbocycles. The van der Waals surface area contributed by atoms with Crippen molar-refractivity contribution in [3.63, 3.8) is 0 Å². The number of carbonyl (C=O) groups excluding carboxylic acids is 1. The first kappa shape index (κ1) is 15.5. The molecule has 2 heterocycles. The van der Waals surface area contributed by atoms with Gasteiger partial charge >= 0.3 is 0 Å². The van der Waals surface area contributed by atoms with Crippen LogP contribution in [0.1, 0.15) is 49.8 Å². The number of benzene rings is 1. The number of anilines is 1. The molecule has 0 bridgehead atoms. The highest BCUT2D eigenvalue weighted by atomic mass is 16.5. The molecule has 0 radical (unpaired) electrons. The molecule has 1 amide bonds. The second kappa shape index (κ2) is 6.04. The molecule has 1 saturated heterocycles. The monoisotopic (exact) mass is 301 g/mol. The smallest absolute Gasteiger partial charge is 0.230 e. The van der Waals surface area contributed by atoms with Crippen LogP contribution in [0, 0.1) is 19.8 Å². The molecule has 3 nitrogen and oxygen atoms in total. The summed E-state index contributed by atoms with van der Waals surface area (Å²) in [6, 6.07) is 4.41. The van der Waals surface area contributed by atoms with Crippen LogP contribution in [0.15, 0.2) is 12.1 Å². The predicted molar refractivity (Wildman–Crippen MR) is 89.3 cm³/mol. The average molecular weight is 301 g/mol. The molecule has 2 unspecified atom stereocenters. The summed E-state index contributed by atoms with van der Waals surface area (Å²) in [6.07, 6.45) is 4.21. The van der Waals surface area contributed by atoms with Crippen LogP contribution in [0.5, 0.6) is 0 Å². The number of rotatable bonds is 1. The van der Waals surface area contributed by atoms with Crippen molar-refractivity contribution in [2.45, 2.75) is 65.6 Å². The number of fused-ring (bicyclic) bond motifs is 1. The van der Waals surface area contributed by atoms with E-state index in [4.69, 9.17) is 4.74 Å². The summed E-state index contributed by atoms with van der Waals surface area (Å²) in [5.74, 6) is 0.401. The van der Waals surface area contributed by atoms with Gasteiger partial charge in [0.15, 0.2) is 0 Å². The van der Waals surface area contributed by atoms with E-state index in [9.17, 15) is 4.79 Å². The van der Waals surface area contributed by atoms with Crippen LogP contribution >= 0.6 is 0 Å². The van der Waals surface area contributed by atoms with Crippen molar-refractivity contribution in [1.29, 1.82) is 0 Å². The minimum Gasteiger partial charge on any atom is -0.376 e. The summed E-state index contributed by atoms with van der Waals surface area (Å²) in [7, 11) is 0. The zero-order valence-corrected chi connectivity index (χ0v) is 14.2. The average Bonchev–Trinajstić information content (AvgIpc) is 2.45. The summed E-state index contributed by atoms with van der Waals surface area (Å²) >= 11 is 0. The Balaban J connectivity index is 1.89. The van der Waals surface area contributed by atoms with Crippen LogP contribution in [0.2, 0.25) is 0 Å². The Hall–Kier alpha value is -1.35. The van der Waals surface area contributed by atoms with Gasteiger partial charge in [-0.25, -0.2) is 0 Å². The van der Waals surface area contributed by atoms with E-state index >= 15 is 0 Å². The number of hydrogen-bond donors (Lipinski definition) is 0. The van der Waals surface area contributed by atoms with Crippen LogP contribution in [0.25, 0.3) is 0 Å². The predicted octanol–water partition coefficient (Wildman–Crippen LogP) is 3.79. The SMILES string of the molecule is Cc1cc(C)c2c(c1)N(C(=O)C1CC(C)OC(C)C1)CCC2. The summed E-state index contributed by atoms with van der Waals surface area (Å²) in [5, 5.41) is 0. The van der Waals surface area contributed by atoms with Crippen molar-refractivity contribution in [1.82, 2.24) is 0 Å². The minimum absolute atomic E-state index is 0.102. The fourth-order valence-corrected chi connectivity index (χ4v) is 4.13. The summed E-state index contributed by atoms with van der Waals surface area (Å²) in [6.45, 7) is 9.29. The third kappa shape index (κ3) is 2.91. The first-order valence-corrected chi connectivity index (χ1v) is 8.52. The van der Waals surface area contributed by atoms with Gasteiger partial charge < -0.3 is 9.64 Å². The van der Waals surface area contributed by atoms with Crippen molar-refractivity contribution in [3.05, 3.63) is 28.8 Å². The van der Waals surface area contributed by atoms with Gasteiger partial charge in [0.2, 0.25) is 5.91 Å². The van der Waals surface area contributed by atoms with E-state index in [0.29, 0.717) is 5.91 Å². The highest BCUT2D eigenvalue weighted by Gasteiger charge is 2.34. The molecule has 0 aromatic heterocycles. The van der Waals surface area contributed by atoms with Crippen LogP contribution in [0.3, 0.4) is 0 Å². The van der Waals surface area contributed by atoms with E-state index in [2.05, 4.69) is 39.8 Å². The zero-order chi connectivity index (χ0) is 15.9. The largest absolute Gasteiger partial charge is 0.376 e. The molecule has 2 atom stereocenters. The molecular formula is C19H27NO2. The van der Waals surface area contributed by atoms with Crippen LogP contribution < -0.4 is 4.90 Å². The zero-order valence-electron chi connectivity index (χ0n) is 14.2. The first-order valence-electron chi connectivity index (χ1n) is 8.52. The molecule has 0 aliphatic carbocycles. The second-order valence-corrected chi connectivity index (χ2v) is 7.10. The highest BCUT2D eigenvalue weighted by Crippen LogP contribution is 2.34. The van der Waals surface area contributed by atoms with Gasteiger partial charge in [-0.1, -0.05) is 6.07 Å². The Kier molecular flexibility index (Phi) is 4.26. The molecule has 0 spiro atoms. The maximum absolute atomic E-state index is 13.1. The third-order valence-corrected chi connectivity index (χ3v) is 5.01. The number of ether oxygens (including phenoxy) is 1. The van der Waals surface area contributed by atoms with E-state index < -0.39 is 0 Å². The fourth-order valence-electron chi connectivity index (χ4n) is 4.13. The van der Waals surface area contributed by atoms with E-state index in [1.165, 1.54) is 16.7 Å². The minimum atomic E-state index is 0.102. The molecule has 120 valence electrons. The maximum atomic E-state index is 13.1. The number of hydrogen-bond acceptors (Lipinski definition) is 2. The van der Waals surface area contributed by atoms with Gasteiger partial charge in [-0.2, -0.15) is 0 Å². The lowest BCUT2D eigenvalue weighted by Gasteiger charge is -2.37. The first-order chi connectivity index (χ1) is 10.5. The van der Waals surface area contributed by atoms with Crippen LogP contribution in [-0.2, 0) is 16.0 Å². The molecule has 2 aliphatic rings. The lowest BCUT2D eigenvalue weighted by atomic mass is 9.89. The van der Waals surface area contributed by atoms with Gasteiger partial charge in [0, 0.05) is 18.2 Å². The summed E-state index contributed by atoms with van der Waals surface area (Å²) < 4.78 is 5.79.